The van der Waals surface area contributed by atoms with Gasteiger partial charge in [0.25, 0.3) is 11.5 Å². The van der Waals surface area contributed by atoms with E-state index in [0.717, 1.165) is 11.1 Å². The second kappa shape index (κ2) is 9.34. The topological polar surface area (TPSA) is 93.2 Å². The van der Waals surface area contributed by atoms with Crippen LogP contribution in [0.1, 0.15) is 21.5 Å². The van der Waals surface area contributed by atoms with Gasteiger partial charge in [-0.2, -0.15) is 0 Å². The Morgan fingerprint density at radius 1 is 1.00 bits per heavy atom. The molecule has 0 aliphatic rings. The number of aryl methyl sites for hydroxylation is 1. The van der Waals surface area contributed by atoms with Crippen LogP contribution in [0.2, 0.25) is 0 Å². The van der Waals surface area contributed by atoms with Gasteiger partial charge in [0.05, 0.1) is 18.0 Å². The number of amides is 1. The van der Waals surface area contributed by atoms with E-state index in [1.165, 1.54) is 10.6 Å². The van der Waals surface area contributed by atoms with Crippen LogP contribution in [0.25, 0.3) is 10.9 Å². The van der Waals surface area contributed by atoms with Gasteiger partial charge in [0, 0.05) is 24.2 Å². The van der Waals surface area contributed by atoms with Gasteiger partial charge in [-0.05, 0) is 36.2 Å². The maximum Gasteiger partial charge on any atom is 0.328 e. The van der Waals surface area contributed by atoms with Gasteiger partial charge in [0.2, 0.25) is 0 Å². The van der Waals surface area contributed by atoms with Crippen LogP contribution in [-0.2, 0) is 19.5 Å². The van der Waals surface area contributed by atoms with Gasteiger partial charge in [0.1, 0.15) is 5.75 Å². The minimum absolute atomic E-state index is 0.273. The first kappa shape index (κ1) is 21.1. The maximum absolute atomic E-state index is 12.9. The number of ether oxygens (including phenoxy) is 1. The van der Waals surface area contributed by atoms with Crippen LogP contribution >= 0.6 is 0 Å². The Balaban J connectivity index is 1.54. The summed E-state index contributed by atoms with van der Waals surface area (Å²) < 4.78 is 6.49. The van der Waals surface area contributed by atoms with E-state index >= 15 is 0 Å². The zero-order chi connectivity index (χ0) is 22.5. The highest BCUT2D eigenvalue weighted by atomic mass is 16.5. The van der Waals surface area contributed by atoms with E-state index in [4.69, 9.17) is 4.74 Å². The molecule has 4 aromatic rings. The number of H-pyrrole nitrogens is 1. The lowest BCUT2D eigenvalue weighted by molar-refractivity contribution is 0.0951. The molecule has 1 amide bonds. The van der Waals surface area contributed by atoms with Crippen molar-refractivity contribution < 1.29 is 9.53 Å². The summed E-state index contributed by atoms with van der Waals surface area (Å²) in [6, 6.07) is 21.8. The number of hydrogen-bond donors (Lipinski definition) is 2. The van der Waals surface area contributed by atoms with Crippen molar-refractivity contribution in [2.24, 2.45) is 0 Å². The van der Waals surface area contributed by atoms with Crippen LogP contribution in [0.5, 0.6) is 5.75 Å². The summed E-state index contributed by atoms with van der Waals surface area (Å²) in [6.45, 7) is 0.563. The second-order valence-corrected chi connectivity index (χ2v) is 7.38. The number of carbonyl (C=O) groups excluding carboxylic acids is 1. The molecule has 2 N–H and O–H groups in total. The number of nitrogens with one attached hydrogen (secondary N) is 2. The van der Waals surface area contributed by atoms with Crippen molar-refractivity contribution in [1.29, 1.82) is 0 Å². The molecular weight excluding hydrogens is 406 g/mol. The van der Waals surface area contributed by atoms with E-state index in [-0.39, 0.29) is 18.0 Å². The van der Waals surface area contributed by atoms with E-state index in [1.807, 2.05) is 54.6 Å². The minimum atomic E-state index is -0.495. The number of nitrogens with zero attached hydrogens (tertiary/aromatic N) is 1. The van der Waals surface area contributed by atoms with Crippen molar-refractivity contribution in [1.82, 2.24) is 14.9 Å². The lowest BCUT2D eigenvalue weighted by Crippen LogP contribution is -2.35. The molecule has 0 radical (unpaired) electrons. The largest absolute Gasteiger partial charge is 0.496 e. The number of methoxy groups -OCH3 is 1. The highest BCUT2D eigenvalue weighted by Gasteiger charge is 2.12. The first-order chi connectivity index (χ1) is 15.6. The van der Waals surface area contributed by atoms with E-state index < -0.39 is 5.69 Å². The third kappa shape index (κ3) is 4.46. The molecule has 1 aromatic heterocycles. The molecule has 4 rings (SSSR count). The fraction of sp³-hybridized carbons (Fsp3) is 0.160. The number of benzene rings is 3. The second-order valence-electron chi connectivity index (χ2n) is 7.38. The lowest BCUT2D eigenvalue weighted by Gasteiger charge is -2.10. The summed E-state index contributed by atoms with van der Waals surface area (Å²) >= 11 is 0. The average molecular weight is 429 g/mol. The Bertz CT molecular complexity index is 1370. The van der Waals surface area contributed by atoms with Crippen LogP contribution in [0.15, 0.2) is 82.4 Å². The molecule has 0 saturated carbocycles. The van der Waals surface area contributed by atoms with Crippen LogP contribution in [0.4, 0.5) is 0 Å². The molecule has 0 atom stereocenters. The molecule has 0 aliphatic heterocycles. The summed E-state index contributed by atoms with van der Waals surface area (Å²) in [5.41, 5.74) is 1.70. The number of aromatic nitrogens is 2. The predicted octanol–water partition coefficient (Wildman–Crippen LogP) is 2.87. The molecule has 1 heterocycles. The van der Waals surface area contributed by atoms with Crippen molar-refractivity contribution in [2.75, 3.05) is 7.11 Å². The third-order valence-electron chi connectivity index (χ3n) is 5.34. The maximum atomic E-state index is 12.9. The SMILES string of the molecule is COc1ccccc1CNC(=O)c1ccc2c(=O)n(CCc3ccccc3)c(=O)[nH]c2c1. The Labute approximate surface area is 184 Å². The molecule has 0 fully saturated rings. The van der Waals surface area contributed by atoms with E-state index in [0.29, 0.717) is 35.2 Å². The van der Waals surface area contributed by atoms with Gasteiger partial charge in [-0.1, -0.05) is 48.5 Å². The van der Waals surface area contributed by atoms with Gasteiger partial charge >= 0.3 is 5.69 Å². The average Bonchev–Trinajstić information content (AvgIpc) is 2.82. The fourth-order valence-electron chi connectivity index (χ4n) is 3.61. The zero-order valence-corrected chi connectivity index (χ0v) is 17.6. The van der Waals surface area contributed by atoms with Crippen molar-refractivity contribution in [2.45, 2.75) is 19.5 Å². The predicted molar refractivity (Wildman–Crippen MR) is 123 cm³/mol. The molecule has 0 aliphatic carbocycles. The number of fused-ring (bicyclic) bond motifs is 1. The summed E-state index contributed by atoms with van der Waals surface area (Å²) in [6.07, 6.45) is 0.568. The number of para-hydroxylation sites is 1. The Hall–Kier alpha value is -4.13. The fourth-order valence-corrected chi connectivity index (χ4v) is 3.61. The molecule has 0 spiro atoms. The summed E-state index contributed by atoms with van der Waals surface area (Å²) in [5, 5.41) is 3.20. The molecule has 32 heavy (non-hydrogen) atoms. The quantitative estimate of drug-likeness (QED) is 0.472. The number of aromatic amines is 1. The van der Waals surface area contributed by atoms with Crippen molar-refractivity contribution in [3.8, 4) is 5.75 Å². The van der Waals surface area contributed by atoms with Crippen LogP contribution in [-0.4, -0.2) is 22.6 Å². The van der Waals surface area contributed by atoms with Gasteiger partial charge in [-0.15, -0.1) is 0 Å². The monoisotopic (exact) mass is 429 g/mol. The molecule has 3 aromatic carbocycles. The zero-order valence-electron chi connectivity index (χ0n) is 17.6. The first-order valence-corrected chi connectivity index (χ1v) is 10.3. The highest BCUT2D eigenvalue weighted by molar-refractivity contribution is 5.97. The summed E-state index contributed by atoms with van der Waals surface area (Å²) in [4.78, 5) is 40.8. The smallest absolute Gasteiger partial charge is 0.328 e. The summed E-state index contributed by atoms with van der Waals surface area (Å²) in [5.74, 6) is 0.374. The minimum Gasteiger partial charge on any atom is -0.496 e. The van der Waals surface area contributed by atoms with Gasteiger partial charge in [0.15, 0.2) is 0 Å². The number of hydrogen-bond acceptors (Lipinski definition) is 4. The van der Waals surface area contributed by atoms with E-state index in [9.17, 15) is 14.4 Å². The first-order valence-electron chi connectivity index (χ1n) is 10.3. The Morgan fingerprint density at radius 3 is 2.53 bits per heavy atom. The normalized spacial score (nSPS) is 10.8. The van der Waals surface area contributed by atoms with Crippen LogP contribution < -0.4 is 21.3 Å². The lowest BCUT2D eigenvalue weighted by atomic mass is 10.1. The molecule has 0 bridgehead atoms. The number of rotatable bonds is 7. The summed E-state index contributed by atoms with van der Waals surface area (Å²) in [7, 11) is 1.58. The molecule has 7 nitrogen and oxygen atoms in total. The van der Waals surface area contributed by atoms with Gasteiger partial charge in [-0.25, -0.2) is 4.79 Å². The molecule has 0 saturated heterocycles. The van der Waals surface area contributed by atoms with Crippen LogP contribution in [0, 0.1) is 0 Å². The van der Waals surface area contributed by atoms with Gasteiger partial charge < -0.3 is 15.0 Å². The van der Waals surface area contributed by atoms with E-state index in [1.54, 1.807) is 19.2 Å². The Kier molecular flexibility index (Phi) is 6.17. The third-order valence-corrected chi connectivity index (χ3v) is 5.34. The highest BCUT2D eigenvalue weighted by Crippen LogP contribution is 2.17. The molecular formula is C25H23N3O4. The van der Waals surface area contributed by atoms with Crippen molar-refractivity contribution >= 4 is 16.8 Å². The van der Waals surface area contributed by atoms with Crippen molar-refractivity contribution in [3.63, 3.8) is 0 Å². The van der Waals surface area contributed by atoms with Crippen LogP contribution in [0.3, 0.4) is 0 Å². The molecule has 162 valence electrons. The molecule has 0 unspecified atom stereocenters. The number of carbonyl (C=O) groups is 1. The van der Waals surface area contributed by atoms with Crippen molar-refractivity contribution in [3.05, 3.63) is 110 Å². The standard InChI is InChI=1S/C25H23N3O4/c1-32-22-10-6-5-9-19(22)16-26-23(29)18-11-12-20-21(15-18)27-25(31)28(24(20)30)14-13-17-7-3-2-4-8-17/h2-12,15H,13-14,16H2,1H3,(H,26,29)(H,27,31). The molecule has 7 heteroatoms. The van der Waals surface area contributed by atoms with Gasteiger partial charge in [-0.3, -0.25) is 14.2 Å². The van der Waals surface area contributed by atoms with E-state index in [2.05, 4.69) is 10.3 Å². The Morgan fingerprint density at radius 2 is 1.75 bits per heavy atom.